The molecule has 0 spiro atoms. The van der Waals surface area contributed by atoms with Crippen molar-refractivity contribution in [3.63, 3.8) is 0 Å². The van der Waals surface area contributed by atoms with Gasteiger partial charge in [-0.1, -0.05) is 30.3 Å². The molecule has 0 unspecified atom stereocenters. The van der Waals surface area contributed by atoms with Crippen LogP contribution in [0.5, 0.6) is 0 Å². The highest BCUT2D eigenvalue weighted by atomic mass is 14.6. The van der Waals surface area contributed by atoms with E-state index in [0.717, 1.165) is 16.7 Å². The Morgan fingerprint density at radius 2 is 1.43 bits per heavy atom. The Balaban J connectivity index is 3.09. The summed E-state index contributed by atoms with van der Waals surface area (Å²) in [6.07, 6.45) is 0. The SMILES string of the molecule is NCC(CN)=C(CN)c1ccccc1. The number of rotatable bonds is 4. The van der Waals surface area contributed by atoms with Gasteiger partial charge in [0.05, 0.1) is 0 Å². The van der Waals surface area contributed by atoms with Crippen LogP contribution in [0.3, 0.4) is 0 Å². The van der Waals surface area contributed by atoms with Crippen LogP contribution in [0.15, 0.2) is 35.9 Å². The molecule has 1 aromatic rings. The Bertz CT molecular complexity index is 298. The number of nitrogens with two attached hydrogens (primary N) is 3. The maximum Gasteiger partial charge on any atom is 0.0184 e. The Morgan fingerprint density at radius 3 is 1.86 bits per heavy atom. The van der Waals surface area contributed by atoms with E-state index in [2.05, 4.69) is 0 Å². The fourth-order valence-corrected chi connectivity index (χ4v) is 1.44. The summed E-state index contributed by atoms with van der Waals surface area (Å²) in [4.78, 5) is 0. The summed E-state index contributed by atoms with van der Waals surface area (Å²) < 4.78 is 0. The van der Waals surface area contributed by atoms with Gasteiger partial charge in [-0.25, -0.2) is 0 Å². The molecule has 14 heavy (non-hydrogen) atoms. The summed E-state index contributed by atoms with van der Waals surface area (Å²) in [6.45, 7) is 1.42. The molecule has 0 heterocycles. The Morgan fingerprint density at radius 1 is 0.857 bits per heavy atom. The Labute approximate surface area is 84.6 Å². The molecule has 0 saturated heterocycles. The second-order valence-electron chi connectivity index (χ2n) is 3.06. The van der Waals surface area contributed by atoms with Crippen molar-refractivity contribution in [1.29, 1.82) is 0 Å². The predicted molar refractivity (Wildman–Crippen MR) is 60.5 cm³/mol. The molecule has 3 nitrogen and oxygen atoms in total. The van der Waals surface area contributed by atoms with E-state index in [9.17, 15) is 0 Å². The van der Waals surface area contributed by atoms with Gasteiger partial charge >= 0.3 is 0 Å². The van der Waals surface area contributed by atoms with E-state index in [1.807, 2.05) is 30.3 Å². The van der Waals surface area contributed by atoms with Crippen LogP contribution in [0.1, 0.15) is 5.56 Å². The molecule has 3 heteroatoms. The monoisotopic (exact) mass is 191 g/mol. The number of benzene rings is 1. The van der Waals surface area contributed by atoms with Crippen LogP contribution in [0.25, 0.3) is 5.57 Å². The first-order valence-electron chi connectivity index (χ1n) is 4.70. The highest BCUT2D eigenvalue weighted by Crippen LogP contribution is 2.15. The van der Waals surface area contributed by atoms with E-state index in [1.54, 1.807) is 0 Å². The van der Waals surface area contributed by atoms with Crippen molar-refractivity contribution in [3.8, 4) is 0 Å². The van der Waals surface area contributed by atoms with Crippen molar-refractivity contribution in [3.05, 3.63) is 41.5 Å². The minimum absolute atomic E-state index is 0.470. The lowest BCUT2D eigenvalue weighted by Crippen LogP contribution is -2.18. The molecule has 0 aliphatic carbocycles. The molecule has 0 aliphatic rings. The molecule has 1 rings (SSSR count). The van der Waals surface area contributed by atoms with Crippen molar-refractivity contribution in [2.75, 3.05) is 19.6 Å². The largest absolute Gasteiger partial charge is 0.327 e. The lowest BCUT2D eigenvalue weighted by Gasteiger charge is -2.11. The van der Waals surface area contributed by atoms with Gasteiger partial charge < -0.3 is 17.2 Å². The highest BCUT2D eigenvalue weighted by molar-refractivity contribution is 5.70. The van der Waals surface area contributed by atoms with Crippen LogP contribution in [0.4, 0.5) is 0 Å². The van der Waals surface area contributed by atoms with Crippen LogP contribution in [0, 0.1) is 0 Å². The standard InChI is InChI=1S/C11H17N3/c12-6-10(7-13)11(8-14)9-4-2-1-3-5-9/h1-5H,6-8,12-14H2. The van der Waals surface area contributed by atoms with Gasteiger partial charge in [0.15, 0.2) is 0 Å². The minimum atomic E-state index is 0.470. The fraction of sp³-hybridized carbons (Fsp3) is 0.273. The Kier molecular flexibility index (Phi) is 4.32. The molecule has 1 aromatic carbocycles. The smallest absolute Gasteiger partial charge is 0.0184 e. The maximum absolute atomic E-state index is 5.69. The quantitative estimate of drug-likeness (QED) is 0.641. The third-order valence-corrected chi connectivity index (χ3v) is 2.25. The topological polar surface area (TPSA) is 78.1 Å². The Hall–Kier alpha value is -1.16. The van der Waals surface area contributed by atoms with Crippen molar-refractivity contribution < 1.29 is 0 Å². The third kappa shape index (κ3) is 2.42. The summed E-state index contributed by atoms with van der Waals surface area (Å²) in [5, 5.41) is 0. The van der Waals surface area contributed by atoms with Crippen LogP contribution in [-0.2, 0) is 0 Å². The zero-order valence-corrected chi connectivity index (χ0v) is 8.24. The first-order valence-corrected chi connectivity index (χ1v) is 4.70. The molecule has 0 radical (unpaired) electrons. The van der Waals surface area contributed by atoms with E-state index < -0.39 is 0 Å². The van der Waals surface area contributed by atoms with Gasteiger partial charge in [0, 0.05) is 19.6 Å². The predicted octanol–water partition coefficient (Wildman–Crippen LogP) is 0.316. The van der Waals surface area contributed by atoms with Crippen molar-refractivity contribution in [1.82, 2.24) is 0 Å². The summed E-state index contributed by atoms with van der Waals surface area (Å²) in [7, 11) is 0. The summed E-state index contributed by atoms with van der Waals surface area (Å²) in [6, 6.07) is 9.98. The van der Waals surface area contributed by atoms with Gasteiger partial charge in [0.1, 0.15) is 0 Å². The lowest BCUT2D eigenvalue weighted by atomic mass is 10.00. The first-order chi connectivity index (χ1) is 6.83. The van der Waals surface area contributed by atoms with Crippen LogP contribution >= 0.6 is 0 Å². The number of hydrogen-bond donors (Lipinski definition) is 3. The zero-order chi connectivity index (χ0) is 10.4. The first kappa shape index (κ1) is 10.9. The number of hydrogen-bond acceptors (Lipinski definition) is 3. The summed E-state index contributed by atoms with van der Waals surface area (Å²) in [5.41, 5.74) is 20.1. The second-order valence-corrected chi connectivity index (χ2v) is 3.06. The molecule has 0 bridgehead atoms. The highest BCUT2D eigenvalue weighted by Gasteiger charge is 2.04. The minimum Gasteiger partial charge on any atom is -0.327 e. The molecule has 0 amide bonds. The van der Waals surface area contributed by atoms with Gasteiger partial charge in [-0.3, -0.25) is 0 Å². The van der Waals surface area contributed by atoms with Gasteiger partial charge in [-0.05, 0) is 16.7 Å². The average Bonchev–Trinajstić information content (AvgIpc) is 2.27. The van der Waals surface area contributed by atoms with E-state index in [0.29, 0.717) is 19.6 Å². The van der Waals surface area contributed by atoms with Crippen molar-refractivity contribution in [2.24, 2.45) is 17.2 Å². The molecule has 0 aliphatic heterocycles. The average molecular weight is 191 g/mol. The second kappa shape index (κ2) is 5.54. The van der Waals surface area contributed by atoms with Crippen LogP contribution in [0.2, 0.25) is 0 Å². The van der Waals surface area contributed by atoms with Gasteiger partial charge in [0.2, 0.25) is 0 Å². The molecule has 6 N–H and O–H groups in total. The van der Waals surface area contributed by atoms with Crippen molar-refractivity contribution >= 4 is 5.57 Å². The summed E-state index contributed by atoms with van der Waals surface area (Å²) in [5.74, 6) is 0. The molecular formula is C11H17N3. The molecule has 0 atom stereocenters. The lowest BCUT2D eigenvalue weighted by molar-refractivity contribution is 1.03. The zero-order valence-electron chi connectivity index (χ0n) is 8.24. The summed E-state index contributed by atoms with van der Waals surface area (Å²) >= 11 is 0. The van der Waals surface area contributed by atoms with Gasteiger partial charge in [-0.2, -0.15) is 0 Å². The normalized spacial score (nSPS) is 9.93. The van der Waals surface area contributed by atoms with E-state index in [1.165, 1.54) is 0 Å². The van der Waals surface area contributed by atoms with Crippen molar-refractivity contribution in [2.45, 2.75) is 0 Å². The van der Waals surface area contributed by atoms with Gasteiger partial charge in [-0.15, -0.1) is 0 Å². The maximum atomic E-state index is 5.69. The third-order valence-electron chi connectivity index (χ3n) is 2.25. The molecular weight excluding hydrogens is 174 g/mol. The molecule has 0 aromatic heterocycles. The fourth-order valence-electron chi connectivity index (χ4n) is 1.44. The van der Waals surface area contributed by atoms with E-state index in [-0.39, 0.29) is 0 Å². The van der Waals surface area contributed by atoms with E-state index >= 15 is 0 Å². The molecule has 76 valence electrons. The van der Waals surface area contributed by atoms with Crippen LogP contribution in [-0.4, -0.2) is 19.6 Å². The molecule has 0 saturated carbocycles. The van der Waals surface area contributed by atoms with Gasteiger partial charge in [0.25, 0.3) is 0 Å². The molecule has 0 fully saturated rings. The van der Waals surface area contributed by atoms with Crippen LogP contribution < -0.4 is 17.2 Å². The van der Waals surface area contributed by atoms with E-state index in [4.69, 9.17) is 17.2 Å².